The third-order valence-corrected chi connectivity index (χ3v) is 7.71. The van der Waals surface area contributed by atoms with E-state index in [1.807, 2.05) is 67.3 Å². The van der Waals surface area contributed by atoms with E-state index in [0.29, 0.717) is 43.0 Å². The first-order chi connectivity index (χ1) is 19.0. The standard InChI is InChI=1S/C31H33N7O/c1-22-18-23(2)30(34-26-10-12-36(13-11-26)27-8-5-6-24(19-27)20-32)35-29(22)31(39)38-16-14-37(15-17-38)28-9-4-3-7-25(28)21-33/h3-9,18-19,26H,10-17H2,1-2H3,(H,34,35). The predicted molar refractivity (Wildman–Crippen MR) is 153 cm³/mol. The van der Waals surface area contributed by atoms with Crippen molar-refractivity contribution in [1.29, 1.82) is 10.5 Å². The zero-order valence-electron chi connectivity index (χ0n) is 22.5. The topological polar surface area (TPSA) is 99.3 Å². The van der Waals surface area contributed by atoms with Gasteiger partial charge in [0, 0.05) is 51.0 Å². The number of pyridine rings is 1. The minimum atomic E-state index is -0.0454. The Kier molecular flexibility index (Phi) is 7.65. The summed E-state index contributed by atoms with van der Waals surface area (Å²) in [5.74, 6) is 0.728. The summed E-state index contributed by atoms with van der Waals surface area (Å²) in [6.07, 6.45) is 1.89. The third kappa shape index (κ3) is 5.66. The van der Waals surface area contributed by atoms with Gasteiger partial charge in [0.1, 0.15) is 17.6 Å². The summed E-state index contributed by atoms with van der Waals surface area (Å²) < 4.78 is 0. The SMILES string of the molecule is Cc1cc(C)c(C(=O)N2CCN(c3ccccc3C#N)CC2)nc1NC1CCN(c2cccc(C#N)c2)CC1. The summed E-state index contributed by atoms with van der Waals surface area (Å²) in [7, 11) is 0. The van der Waals surface area contributed by atoms with Gasteiger partial charge in [0.05, 0.1) is 22.9 Å². The number of benzene rings is 2. The molecule has 8 nitrogen and oxygen atoms in total. The van der Waals surface area contributed by atoms with Crippen molar-refractivity contribution in [1.82, 2.24) is 9.88 Å². The Morgan fingerprint density at radius 2 is 1.62 bits per heavy atom. The number of rotatable bonds is 5. The zero-order valence-corrected chi connectivity index (χ0v) is 22.5. The number of hydrogen-bond acceptors (Lipinski definition) is 7. The molecule has 1 N–H and O–H groups in total. The van der Waals surface area contributed by atoms with E-state index in [1.54, 1.807) is 0 Å². The Hall–Kier alpha value is -4.56. The summed E-state index contributed by atoms with van der Waals surface area (Å²) in [6, 6.07) is 22.2. The predicted octanol–water partition coefficient (Wildman–Crippen LogP) is 4.49. The molecule has 0 bridgehead atoms. The van der Waals surface area contributed by atoms with Gasteiger partial charge in [-0.1, -0.05) is 24.3 Å². The first kappa shape index (κ1) is 26.1. The molecule has 0 atom stereocenters. The van der Waals surface area contributed by atoms with E-state index in [0.717, 1.165) is 54.3 Å². The Balaban J connectivity index is 1.22. The zero-order chi connectivity index (χ0) is 27.4. The van der Waals surface area contributed by atoms with Crippen molar-refractivity contribution in [2.75, 3.05) is 54.4 Å². The highest BCUT2D eigenvalue weighted by molar-refractivity contribution is 5.94. The quantitative estimate of drug-likeness (QED) is 0.530. The van der Waals surface area contributed by atoms with Gasteiger partial charge in [0.15, 0.2) is 0 Å². The average molecular weight is 520 g/mol. The Morgan fingerprint density at radius 3 is 2.33 bits per heavy atom. The molecule has 2 fully saturated rings. The first-order valence-electron chi connectivity index (χ1n) is 13.5. The number of aromatic nitrogens is 1. The fraction of sp³-hybridized carbons (Fsp3) is 0.355. The Morgan fingerprint density at radius 1 is 0.872 bits per heavy atom. The van der Waals surface area contributed by atoms with E-state index in [9.17, 15) is 15.3 Å². The molecular formula is C31H33N7O. The van der Waals surface area contributed by atoms with Crippen LogP contribution in [0.5, 0.6) is 0 Å². The number of nitrogens with zero attached hydrogens (tertiary/aromatic N) is 6. The number of hydrogen-bond donors (Lipinski definition) is 1. The largest absolute Gasteiger partial charge is 0.371 e. The number of anilines is 3. The van der Waals surface area contributed by atoms with Crippen LogP contribution in [0.25, 0.3) is 0 Å². The van der Waals surface area contributed by atoms with Gasteiger partial charge >= 0.3 is 0 Å². The number of carbonyl (C=O) groups excluding carboxylic acids is 1. The lowest BCUT2D eigenvalue weighted by Gasteiger charge is -2.36. The lowest BCUT2D eigenvalue weighted by molar-refractivity contribution is 0.0740. The van der Waals surface area contributed by atoms with Crippen LogP contribution < -0.4 is 15.1 Å². The van der Waals surface area contributed by atoms with Gasteiger partial charge in [0.25, 0.3) is 5.91 Å². The van der Waals surface area contributed by atoms with Crippen molar-refractivity contribution in [3.8, 4) is 12.1 Å². The van der Waals surface area contributed by atoms with Crippen LogP contribution in [0.1, 0.15) is 45.6 Å². The van der Waals surface area contributed by atoms with Crippen LogP contribution in [-0.2, 0) is 0 Å². The molecule has 5 rings (SSSR count). The molecule has 2 aliphatic rings. The Bertz CT molecular complexity index is 1440. The molecule has 1 aromatic heterocycles. The molecule has 3 aromatic rings. The molecule has 0 radical (unpaired) electrons. The van der Waals surface area contributed by atoms with Gasteiger partial charge in [-0.3, -0.25) is 4.79 Å². The van der Waals surface area contributed by atoms with Crippen molar-refractivity contribution >= 4 is 23.1 Å². The normalized spacial score (nSPS) is 15.9. The summed E-state index contributed by atoms with van der Waals surface area (Å²) in [5, 5.41) is 22.3. The van der Waals surface area contributed by atoms with Crippen molar-refractivity contribution in [3.63, 3.8) is 0 Å². The molecule has 39 heavy (non-hydrogen) atoms. The molecule has 0 spiro atoms. The van der Waals surface area contributed by atoms with Crippen LogP contribution in [0.2, 0.25) is 0 Å². The summed E-state index contributed by atoms with van der Waals surface area (Å²) >= 11 is 0. The van der Waals surface area contributed by atoms with Gasteiger partial charge in [-0.25, -0.2) is 4.98 Å². The van der Waals surface area contributed by atoms with Gasteiger partial charge in [-0.2, -0.15) is 10.5 Å². The lowest BCUT2D eigenvalue weighted by atomic mass is 10.0. The molecule has 8 heteroatoms. The van der Waals surface area contributed by atoms with Crippen molar-refractivity contribution in [3.05, 3.63) is 82.5 Å². The molecule has 0 unspecified atom stereocenters. The first-order valence-corrected chi connectivity index (χ1v) is 13.5. The molecule has 2 aliphatic heterocycles. The Labute approximate surface area is 230 Å². The maximum Gasteiger partial charge on any atom is 0.272 e. The number of aryl methyl sites for hydroxylation is 2. The van der Waals surface area contributed by atoms with Crippen molar-refractivity contribution < 1.29 is 4.79 Å². The molecule has 0 aliphatic carbocycles. The summed E-state index contributed by atoms with van der Waals surface area (Å²) in [5.41, 5.74) is 5.76. The van der Waals surface area contributed by atoms with E-state index in [1.165, 1.54) is 0 Å². The second-order valence-electron chi connectivity index (χ2n) is 10.3. The van der Waals surface area contributed by atoms with E-state index < -0.39 is 0 Å². The van der Waals surface area contributed by atoms with Crippen molar-refractivity contribution in [2.45, 2.75) is 32.7 Å². The number of nitriles is 2. The smallest absolute Gasteiger partial charge is 0.272 e. The van der Waals surface area contributed by atoms with Crippen LogP contribution in [-0.4, -0.2) is 61.1 Å². The summed E-state index contributed by atoms with van der Waals surface area (Å²) in [6.45, 7) is 8.29. The molecule has 2 aromatic carbocycles. The molecule has 2 saturated heterocycles. The van der Waals surface area contributed by atoms with E-state index in [4.69, 9.17) is 4.98 Å². The fourth-order valence-electron chi connectivity index (χ4n) is 5.50. The lowest BCUT2D eigenvalue weighted by Crippen LogP contribution is -2.49. The maximum absolute atomic E-state index is 13.5. The number of piperidine rings is 1. The summed E-state index contributed by atoms with van der Waals surface area (Å²) in [4.78, 5) is 24.7. The number of amides is 1. The third-order valence-electron chi connectivity index (χ3n) is 7.71. The monoisotopic (exact) mass is 519 g/mol. The number of piperazine rings is 1. The van der Waals surface area contributed by atoms with Crippen LogP contribution >= 0.6 is 0 Å². The van der Waals surface area contributed by atoms with Gasteiger partial charge in [-0.05, 0) is 68.1 Å². The molecule has 0 saturated carbocycles. The van der Waals surface area contributed by atoms with E-state index in [-0.39, 0.29) is 11.9 Å². The van der Waals surface area contributed by atoms with Crippen LogP contribution in [0.3, 0.4) is 0 Å². The van der Waals surface area contributed by atoms with Crippen LogP contribution in [0.4, 0.5) is 17.2 Å². The molecule has 3 heterocycles. The highest BCUT2D eigenvalue weighted by atomic mass is 16.2. The second kappa shape index (κ2) is 11.4. The molecule has 1 amide bonds. The molecular weight excluding hydrogens is 486 g/mol. The number of nitrogens with one attached hydrogen (secondary N) is 1. The average Bonchev–Trinajstić information content (AvgIpc) is 2.98. The van der Waals surface area contributed by atoms with Crippen molar-refractivity contribution in [2.24, 2.45) is 0 Å². The fourth-order valence-corrected chi connectivity index (χ4v) is 5.50. The number of carbonyl (C=O) groups is 1. The number of para-hydroxylation sites is 1. The maximum atomic E-state index is 13.5. The van der Waals surface area contributed by atoms with Gasteiger partial charge in [0.2, 0.25) is 0 Å². The highest BCUT2D eigenvalue weighted by Gasteiger charge is 2.27. The second-order valence-corrected chi connectivity index (χ2v) is 10.3. The van der Waals surface area contributed by atoms with E-state index in [2.05, 4.69) is 33.3 Å². The van der Waals surface area contributed by atoms with E-state index >= 15 is 0 Å². The van der Waals surface area contributed by atoms with Crippen LogP contribution in [0.15, 0.2) is 54.6 Å². The van der Waals surface area contributed by atoms with Gasteiger partial charge in [-0.15, -0.1) is 0 Å². The minimum Gasteiger partial charge on any atom is -0.371 e. The highest BCUT2D eigenvalue weighted by Crippen LogP contribution is 2.26. The minimum absolute atomic E-state index is 0.0454. The molecule has 198 valence electrons. The van der Waals surface area contributed by atoms with Gasteiger partial charge < -0.3 is 20.0 Å². The van der Waals surface area contributed by atoms with Crippen LogP contribution in [0, 0.1) is 36.5 Å².